The summed E-state index contributed by atoms with van der Waals surface area (Å²) < 4.78 is 40.2. The second-order valence-corrected chi connectivity index (χ2v) is 9.41. The maximum absolute atomic E-state index is 13.4. The molecule has 0 amide bonds. The predicted molar refractivity (Wildman–Crippen MR) is 131 cm³/mol. The first-order chi connectivity index (χ1) is 16.9. The van der Waals surface area contributed by atoms with E-state index in [9.17, 15) is 13.2 Å². The van der Waals surface area contributed by atoms with Crippen molar-refractivity contribution in [2.45, 2.75) is 31.6 Å². The summed E-state index contributed by atoms with van der Waals surface area (Å²) in [5, 5.41) is 16.9. The van der Waals surface area contributed by atoms with Crippen LogP contribution in [0.1, 0.15) is 29.7 Å². The van der Waals surface area contributed by atoms with Crippen molar-refractivity contribution in [2.24, 2.45) is 0 Å². The lowest BCUT2D eigenvalue weighted by atomic mass is 10.0. The van der Waals surface area contributed by atoms with Gasteiger partial charge in [-0.2, -0.15) is 29.8 Å². The van der Waals surface area contributed by atoms with Crippen LogP contribution in [0.15, 0.2) is 59.4 Å². The third-order valence-electron chi connectivity index (χ3n) is 6.24. The zero-order chi connectivity index (χ0) is 24.4. The summed E-state index contributed by atoms with van der Waals surface area (Å²) in [5.41, 5.74) is 2.55. The van der Waals surface area contributed by atoms with E-state index in [0.717, 1.165) is 49.7 Å². The van der Waals surface area contributed by atoms with Gasteiger partial charge in [-0.25, -0.2) is 9.97 Å². The number of anilines is 1. The molecular formula is C26H22F3N5S. The quantitative estimate of drug-likeness (QED) is 0.352. The second-order valence-electron chi connectivity index (χ2n) is 8.63. The molecule has 1 aliphatic rings. The number of likely N-dealkylation sites (tertiary alicyclic amines) is 1. The molecule has 1 fully saturated rings. The standard InChI is InChI=1S/C26H22F3N5S/c27-26(28,29)23-5-4-21-24(33-23)22(19-8-11-35-16-19)14-31-25(21)32-20-6-9-34(10-7-20)15-18-3-1-2-17(12-18)13-30/h1-5,8,11-12,14,16,20H,6-7,9-10,15H2,(H,31,32). The lowest BCUT2D eigenvalue weighted by Gasteiger charge is -2.33. The fourth-order valence-electron chi connectivity index (χ4n) is 4.44. The normalized spacial score (nSPS) is 15.3. The van der Waals surface area contributed by atoms with Crippen molar-refractivity contribution < 1.29 is 13.2 Å². The number of rotatable bonds is 5. The second kappa shape index (κ2) is 9.64. The maximum Gasteiger partial charge on any atom is 0.433 e. The number of halogens is 3. The molecule has 1 aliphatic heterocycles. The Labute approximate surface area is 204 Å². The molecule has 0 aliphatic carbocycles. The summed E-state index contributed by atoms with van der Waals surface area (Å²) in [6.07, 6.45) is -1.16. The number of nitrogens with one attached hydrogen (secondary N) is 1. The Kier molecular flexibility index (Phi) is 6.41. The number of hydrogen-bond donors (Lipinski definition) is 1. The number of benzene rings is 1. The van der Waals surface area contributed by atoms with Crippen molar-refractivity contribution in [3.05, 3.63) is 76.2 Å². The lowest BCUT2D eigenvalue weighted by Crippen LogP contribution is -2.38. The Hall–Kier alpha value is -3.48. The van der Waals surface area contributed by atoms with E-state index in [1.807, 2.05) is 35.0 Å². The third kappa shape index (κ3) is 5.14. The zero-order valence-corrected chi connectivity index (χ0v) is 19.5. The third-order valence-corrected chi connectivity index (χ3v) is 6.92. The van der Waals surface area contributed by atoms with E-state index in [1.54, 1.807) is 12.3 Å². The number of aromatic nitrogens is 2. The van der Waals surface area contributed by atoms with Crippen LogP contribution in [0.2, 0.25) is 0 Å². The van der Waals surface area contributed by atoms with Crippen LogP contribution in [-0.4, -0.2) is 34.0 Å². The molecule has 178 valence electrons. The fourth-order valence-corrected chi connectivity index (χ4v) is 5.10. The molecule has 3 aromatic heterocycles. The van der Waals surface area contributed by atoms with Gasteiger partial charge in [-0.15, -0.1) is 0 Å². The van der Waals surface area contributed by atoms with Crippen LogP contribution < -0.4 is 5.32 Å². The molecule has 4 heterocycles. The number of thiophene rings is 1. The lowest BCUT2D eigenvalue weighted by molar-refractivity contribution is -0.140. The molecule has 0 radical (unpaired) electrons. The van der Waals surface area contributed by atoms with Crippen molar-refractivity contribution in [3.8, 4) is 17.2 Å². The minimum Gasteiger partial charge on any atom is -0.367 e. The first kappa shape index (κ1) is 23.3. The molecule has 4 aromatic rings. The molecule has 0 atom stereocenters. The van der Waals surface area contributed by atoms with Gasteiger partial charge in [-0.3, -0.25) is 4.90 Å². The SMILES string of the molecule is N#Cc1cccc(CN2CCC(Nc3ncc(-c4ccsc4)c4nc(C(F)(F)F)ccc34)CC2)c1. The zero-order valence-electron chi connectivity index (χ0n) is 18.7. The minimum atomic E-state index is -4.52. The smallest absolute Gasteiger partial charge is 0.367 e. The Morgan fingerprint density at radius 1 is 1.14 bits per heavy atom. The number of piperidine rings is 1. The van der Waals surface area contributed by atoms with Crippen molar-refractivity contribution >= 4 is 28.1 Å². The van der Waals surface area contributed by atoms with Crippen LogP contribution in [0.5, 0.6) is 0 Å². The molecule has 0 unspecified atom stereocenters. The number of nitrogens with zero attached hydrogens (tertiary/aromatic N) is 4. The summed E-state index contributed by atoms with van der Waals surface area (Å²) in [7, 11) is 0. The van der Waals surface area contributed by atoms with Gasteiger partial charge in [0, 0.05) is 42.8 Å². The number of alkyl halides is 3. The minimum absolute atomic E-state index is 0.154. The van der Waals surface area contributed by atoms with Gasteiger partial charge in [0.2, 0.25) is 0 Å². The topological polar surface area (TPSA) is 64.8 Å². The Morgan fingerprint density at radius 2 is 1.97 bits per heavy atom. The molecule has 1 N–H and O–H groups in total. The van der Waals surface area contributed by atoms with Crippen LogP contribution in [-0.2, 0) is 12.7 Å². The van der Waals surface area contributed by atoms with Gasteiger partial charge >= 0.3 is 6.18 Å². The molecule has 35 heavy (non-hydrogen) atoms. The molecule has 1 saturated heterocycles. The Bertz CT molecular complexity index is 1370. The highest BCUT2D eigenvalue weighted by Gasteiger charge is 2.33. The highest BCUT2D eigenvalue weighted by Crippen LogP contribution is 2.35. The molecule has 0 bridgehead atoms. The van der Waals surface area contributed by atoms with Crippen LogP contribution in [0.4, 0.5) is 19.0 Å². The molecular weight excluding hydrogens is 471 g/mol. The summed E-state index contributed by atoms with van der Waals surface area (Å²) in [6.45, 7) is 2.52. The molecule has 9 heteroatoms. The molecule has 0 saturated carbocycles. The van der Waals surface area contributed by atoms with Gasteiger partial charge in [-0.1, -0.05) is 12.1 Å². The van der Waals surface area contributed by atoms with Gasteiger partial charge in [0.25, 0.3) is 0 Å². The Balaban J connectivity index is 1.34. The average Bonchev–Trinajstić information content (AvgIpc) is 3.39. The summed E-state index contributed by atoms with van der Waals surface area (Å²) in [5.74, 6) is 0.556. The van der Waals surface area contributed by atoms with Crippen molar-refractivity contribution in [1.29, 1.82) is 5.26 Å². The van der Waals surface area contributed by atoms with Gasteiger partial charge in [-0.05, 0) is 65.1 Å². The van der Waals surface area contributed by atoms with E-state index in [2.05, 4.69) is 26.3 Å². The van der Waals surface area contributed by atoms with Crippen LogP contribution in [0.25, 0.3) is 22.0 Å². The van der Waals surface area contributed by atoms with Gasteiger partial charge in [0.05, 0.1) is 17.1 Å². The van der Waals surface area contributed by atoms with E-state index in [4.69, 9.17) is 5.26 Å². The number of fused-ring (bicyclic) bond motifs is 1. The highest BCUT2D eigenvalue weighted by atomic mass is 32.1. The van der Waals surface area contributed by atoms with Gasteiger partial charge < -0.3 is 5.32 Å². The summed E-state index contributed by atoms with van der Waals surface area (Å²) >= 11 is 1.47. The fraction of sp³-hybridized carbons (Fsp3) is 0.269. The number of pyridine rings is 2. The first-order valence-electron chi connectivity index (χ1n) is 11.3. The van der Waals surface area contributed by atoms with E-state index in [0.29, 0.717) is 27.8 Å². The maximum atomic E-state index is 13.4. The molecule has 1 aromatic carbocycles. The largest absolute Gasteiger partial charge is 0.433 e. The number of hydrogen-bond acceptors (Lipinski definition) is 6. The van der Waals surface area contributed by atoms with Gasteiger partial charge in [0.15, 0.2) is 0 Å². The van der Waals surface area contributed by atoms with E-state index >= 15 is 0 Å². The summed E-state index contributed by atoms with van der Waals surface area (Å²) in [6, 6.07) is 14.3. The highest BCUT2D eigenvalue weighted by molar-refractivity contribution is 7.08. The van der Waals surface area contributed by atoms with Crippen LogP contribution >= 0.6 is 11.3 Å². The van der Waals surface area contributed by atoms with Gasteiger partial charge in [0.1, 0.15) is 11.5 Å². The molecule has 5 rings (SSSR count). The monoisotopic (exact) mass is 493 g/mol. The number of nitriles is 1. The molecule has 0 spiro atoms. The van der Waals surface area contributed by atoms with Crippen molar-refractivity contribution in [1.82, 2.24) is 14.9 Å². The average molecular weight is 494 g/mol. The van der Waals surface area contributed by atoms with E-state index < -0.39 is 11.9 Å². The first-order valence-corrected chi connectivity index (χ1v) is 12.2. The van der Waals surface area contributed by atoms with Crippen molar-refractivity contribution in [2.75, 3.05) is 18.4 Å². The predicted octanol–water partition coefficient (Wildman–Crippen LogP) is 6.33. The van der Waals surface area contributed by atoms with Crippen molar-refractivity contribution in [3.63, 3.8) is 0 Å². The Morgan fingerprint density at radius 3 is 2.69 bits per heavy atom. The summed E-state index contributed by atoms with van der Waals surface area (Å²) in [4.78, 5) is 10.9. The van der Waals surface area contributed by atoms with E-state index in [-0.39, 0.29) is 6.04 Å². The van der Waals surface area contributed by atoms with Crippen LogP contribution in [0, 0.1) is 11.3 Å². The molecule has 5 nitrogen and oxygen atoms in total. The van der Waals surface area contributed by atoms with Crippen LogP contribution in [0.3, 0.4) is 0 Å². The van der Waals surface area contributed by atoms with E-state index in [1.165, 1.54) is 17.4 Å².